The van der Waals surface area contributed by atoms with Crippen molar-refractivity contribution in [1.29, 1.82) is 0 Å². The second-order valence-corrected chi connectivity index (χ2v) is 7.13. The van der Waals surface area contributed by atoms with Crippen LogP contribution < -0.4 is 5.73 Å². The summed E-state index contributed by atoms with van der Waals surface area (Å²) in [7, 11) is 0. The zero-order valence-corrected chi connectivity index (χ0v) is 13.2. The highest BCUT2D eigenvalue weighted by Crippen LogP contribution is 2.28. The smallest absolute Gasteiger partial charge is 0.0150 e. The van der Waals surface area contributed by atoms with Crippen molar-refractivity contribution >= 4 is 0 Å². The molecule has 1 aliphatic carbocycles. The largest absolute Gasteiger partial charge is 0.328 e. The predicted molar refractivity (Wildman–Crippen MR) is 89.3 cm³/mol. The van der Waals surface area contributed by atoms with E-state index < -0.39 is 0 Å². The SMILES string of the molecule is NC1CCN(CC2CCCCC2)C(Cc2ccccc2)C1. The van der Waals surface area contributed by atoms with E-state index in [1.807, 2.05) is 0 Å². The lowest BCUT2D eigenvalue weighted by Crippen LogP contribution is -2.49. The van der Waals surface area contributed by atoms with Crippen LogP contribution >= 0.6 is 0 Å². The Morgan fingerprint density at radius 1 is 1.00 bits per heavy atom. The molecule has 0 bridgehead atoms. The van der Waals surface area contributed by atoms with E-state index >= 15 is 0 Å². The molecular formula is C19H30N2. The van der Waals surface area contributed by atoms with Gasteiger partial charge in [0.2, 0.25) is 0 Å². The number of hydrogen-bond acceptors (Lipinski definition) is 2. The average molecular weight is 286 g/mol. The predicted octanol–water partition coefficient (Wildman–Crippen LogP) is 3.60. The molecule has 116 valence electrons. The Morgan fingerprint density at radius 2 is 1.76 bits per heavy atom. The maximum atomic E-state index is 6.25. The number of hydrogen-bond donors (Lipinski definition) is 1. The molecule has 1 heterocycles. The molecule has 2 heteroatoms. The third-order valence-corrected chi connectivity index (χ3v) is 5.41. The van der Waals surface area contributed by atoms with Gasteiger partial charge in [0.25, 0.3) is 0 Å². The van der Waals surface area contributed by atoms with E-state index in [0.717, 1.165) is 5.92 Å². The first kappa shape index (κ1) is 15.1. The Morgan fingerprint density at radius 3 is 2.52 bits per heavy atom. The molecule has 21 heavy (non-hydrogen) atoms. The van der Waals surface area contributed by atoms with Crippen molar-refractivity contribution in [3.63, 3.8) is 0 Å². The van der Waals surface area contributed by atoms with Gasteiger partial charge >= 0.3 is 0 Å². The molecule has 1 aliphatic heterocycles. The molecule has 1 saturated carbocycles. The van der Waals surface area contributed by atoms with Crippen LogP contribution in [0.3, 0.4) is 0 Å². The van der Waals surface area contributed by atoms with Gasteiger partial charge in [0.1, 0.15) is 0 Å². The quantitative estimate of drug-likeness (QED) is 0.916. The van der Waals surface area contributed by atoms with E-state index in [1.54, 1.807) is 0 Å². The second kappa shape index (κ2) is 7.42. The Labute approximate surface area is 129 Å². The molecule has 2 nitrogen and oxygen atoms in total. The van der Waals surface area contributed by atoms with E-state index in [-0.39, 0.29) is 0 Å². The highest BCUT2D eigenvalue weighted by molar-refractivity contribution is 5.16. The van der Waals surface area contributed by atoms with E-state index in [2.05, 4.69) is 35.2 Å². The fourth-order valence-corrected chi connectivity index (χ4v) is 4.17. The standard InChI is InChI=1S/C19H30N2/c20-18-11-12-21(15-17-9-5-2-6-10-17)19(14-18)13-16-7-3-1-4-8-16/h1,3-4,7-8,17-19H,2,5-6,9-15,20H2. The van der Waals surface area contributed by atoms with Gasteiger partial charge in [0, 0.05) is 18.6 Å². The number of benzene rings is 1. The number of nitrogens with two attached hydrogens (primary N) is 1. The van der Waals surface area contributed by atoms with Crippen LogP contribution in [0.1, 0.15) is 50.5 Å². The van der Waals surface area contributed by atoms with Crippen LogP contribution in [0.2, 0.25) is 0 Å². The molecular weight excluding hydrogens is 256 g/mol. The lowest BCUT2D eigenvalue weighted by molar-refractivity contribution is 0.103. The van der Waals surface area contributed by atoms with Crippen LogP contribution in [0, 0.1) is 5.92 Å². The van der Waals surface area contributed by atoms with Gasteiger partial charge in [-0.15, -0.1) is 0 Å². The van der Waals surface area contributed by atoms with Crippen molar-refractivity contribution in [2.45, 2.75) is 63.5 Å². The summed E-state index contributed by atoms with van der Waals surface area (Å²) in [4.78, 5) is 2.76. The summed E-state index contributed by atoms with van der Waals surface area (Å²) in [6.07, 6.45) is 10.7. The first-order valence-corrected chi connectivity index (χ1v) is 8.85. The minimum Gasteiger partial charge on any atom is -0.328 e. The molecule has 2 N–H and O–H groups in total. The van der Waals surface area contributed by atoms with Gasteiger partial charge in [0.15, 0.2) is 0 Å². The van der Waals surface area contributed by atoms with Crippen LogP contribution in [0.25, 0.3) is 0 Å². The number of nitrogens with zero attached hydrogens (tertiary/aromatic N) is 1. The summed E-state index contributed by atoms with van der Waals surface area (Å²) in [5, 5.41) is 0. The van der Waals surface area contributed by atoms with Gasteiger partial charge < -0.3 is 5.73 Å². The Hall–Kier alpha value is -0.860. The van der Waals surface area contributed by atoms with Gasteiger partial charge in [-0.1, -0.05) is 49.6 Å². The van der Waals surface area contributed by atoms with Crippen LogP contribution in [-0.2, 0) is 6.42 Å². The topological polar surface area (TPSA) is 29.3 Å². The summed E-state index contributed by atoms with van der Waals surface area (Å²) in [5.41, 5.74) is 7.71. The average Bonchev–Trinajstić information content (AvgIpc) is 2.52. The molecule has 2 atom stereocenters. The van der Waals surface area contributed by atoms with Gasteiger partial charge in [-0.3, -0.25) is 4.90 Å². The number of piperidine rings is 1. The maximum absolute atomic E-state index is 6.25. The maximum Gasteiger partial charge on any atom is 0.0150 e. The van der Waals surface area contributed by atoms with Gasteiger partial charge in [-0.2, -0.15) is 0 Å². The Balaban J connectivity index is 1.61. The van der Waals surface area contributed by atoms with Crippen molar-refractivity contribution in [3.05, 3.63) is 35.9 Å². The van der Waals surface area contributed by atoms with E-state index in [0.29, 0.717) is 12.1 Å². The summed E-state index contributed by atoms with van der Waals surface area (Å²) in [6.45, 7) is 2.51. The monoisotopic (exact) mass is 286 g/mol. The molecule has 1 aromatic rings. The first-order chi connectivity index (χ1) is 10.3. The van der Waals surface area contributed by atoms with E-state index in [4.69, 9.17) is 5.73 Å². The van der Waals surface area contributed by atoms with Crippen LogP contribution in [0.5, 0.6) is 0 Å². The third kappa shape index (κ3) is 4.31. The fourth-order valence-electron chi connectivity index (χ4n) is 4.17. The zero-order chi connectivity index (χ0) is 14.5. The number of rotatable bonds is 4. The molecule has 0 spiro atoms. The lowest BCUT2D eigenvalue weighted by atomic mass is 9.86. The van der Waals surface area contributed by atoms with Crippen molar-refractivity contribution in [3.8, 4) is 0 Å². The van der Waals surface area contributed by atoms with Crippen LogP contribution in [0.15, 0.2) is 30.3 Å². The van der Waals surface area contributed by atoms with E-state index in [1.165, 1.54) is 70.0 Å². The van der Waals surface area contributed by atoms with Gasteiger partial charge in [0.05, 0.1) is 0 Å². The molecule has 2 unspecified atom stereocenters. The summed E-state index contributed by atoms with van der Waals surface area (Å²) >= 11 is 0. The second-order valence-electron chi connectivity index (χ2n) is 7.13. The molecule has 0 aromatic heterocycles. The van der Waals surface area contributed by atoms with Crippen molar-refractivity contribution < 1.29 is 0 Å². The normalized spacial score (nSPS) is 28.6. The summed E-state index contributed by atoms with van der Waals surface area (Å²) in [5.74, 6) is 0.936. The molecule has 1 saturated heterocycles. The summed E-state index contributed by atoms with van der Waals surface area (Å²) < 4.78 is 0. The van der Waals surface area contributed by atoms with Crippen LogP contribution in [-0.4, -0.2) is 30.1 Å². The van der Waals surface area contributed by atoms with Crippen molar-refractivity contribution in [1.82, 2.24) is 4.90 Å². The minimum absolute atomic E-state index is 0.404. The molecule has 3 rings (SSSR count). The molecule has 1 aromatic carbocycles. The summed E-state index contributed by atoms with van der Waals surface area (Å²) in [6, 6.07) is 12.0. The molecule has 2 aliphatic rings. The third-order valence-electron chi connectivity index (χ3n) is 5.41. The number of likely N-dealkylation sites (tertiary alicyclic amines) is 1. The van der Waals surface area contributed by atoms with Crippen molar-refractivity contribution in [2.75, 3.05) is 13.1 Å². The highest BCUT2D eigenvalue weighted by atomic mass is 15.2. The molecule has 0 radical (unpaired) electrons. The lowest BCUT2D eigenvalue weighted by Gasteiger charge is -2.41. The minimum atomic E-state index is 0.404. The van der Waals surface area contributed by atoms with Crippen molar-refractivity contribution in [2.24, 2.45) is 11.7 Å². The molecule has 0 amide bonds. The Bertz CT molecular complexity index is 411. The Kier molecular flexibility index (Phi) is 5.32. The highest BCUT2D eigenvalue weighted by Gasteiger charge is 2.28. The van der Waals surface area contributed by atoms with Gasteiger partial charge in [-0.05, 0) is 50.1 Å². The first-order valence-electron chi connectivity index (χ1n) is 8.85. The zero-order valence-electron chi connectivity index (χ0n) is 13.2. The van der Waals surface area contributed by atoms with E-state index in [9.17, 15) is 0 Å². The fraction of sp³-hybridized carbons (Fsp3) is 0.684. The van der Waals surface area contributed by atoms with Gasteiger partial charge in [-0.25, -0.2) is 0 Å². The van der Waals surface area contributed by atoms with Crippen LogP contribution in [0.4, 0.5) is 0 Å². The molecule has 2 fully saturated rings.